The number of aliphatic hydroxyl groups excluding tert-OH is 1. The first-order chi connectivity index (χ1) is 13.2. The van der Waals surface area contributed by atoms with E-state index in [1.807, 2.05) is 22.8 Å². The van der Waals surface area contributed by atoms with Crippen molar-refractivity contribution in [3.63, 3.8) is 0 Å². The molecule has 0 unspecified atom stereocenters. The maximum Gasteiger partial charge on any atom is 0.317 e. The predicted molar refractivity (Wildman–Crippen MR) is 97.3 cm³/mol. The highest BCUT2D eigenvalue weighted by molar-refractivity contribution is 5.74. The largest absolute Gasteiger partial charge is 0.491 e. The third-order valence-electron chi connectivity index (χ3n) is 4.43. The molecule has 1 aromatic carbocycles. The van der Waals surface area contributed by atoms with Gasteiger partial charge in [0.15, 0.2) is 0 Å². The molecule has 9 nitrogen and oxygen atoms in total. The molecule has 2 aromatic rings. The Labute approximate surface area is 157 Å². The number of benzene rings is 1. The maximum absolute atomic E-state index is 12.5. The van der Waals surface area contributed by atoms with Crippen molar-refractivity contribution in [3.05, 3.63) is 41.5 Å². The summed E-state index contributed by atoms with van der Waals surface area (Å²) in [5, 5.41) is 20.2. The summed E-state index contributed by atoms with van der Waals surface area (Å²) in [4.78, 5) is 14.3. The van der Waals surface area contributed by atoms with Crippen LogP contribution >= 0.6 is 0 Å². The minimum atomic E-state index is -0.149. The average molecular weight is 375 g/mol. The lowest BCUT2D eigenvalue weighted by molar-refractivity contribution is 0.185. The molecule has 2 amide bonds. The van der Waals surface area contributed by atoms with Crippen LogP contribution in [0.1, 0.15) is 17.0 Å². The lowest BCUT2D eigenvalue weighted by atomic mass is 10.1. The molecule has 3 rings (SSSR count). The third kappa shape index (κ3) is 4.95. The Morgan fingerprint density at radius 3 is 3.15 bits per heavy atom. The normalized spacial score (nSPS) is 13.6. The van der Waals surface area contributed by atoms with Gasteiger partial charge in [0.25, 0.3) is 0 Å². The lowest BCUT2D eigenvalue weighted by Crippen LogP contribution is -2.41. The summed E-state index contributed by atoms with van der Waals surface area (Å²) >= 11 is 0. The Kier molecular flexibility index (Phi) is 6.61. The standard InChI is InChI=1S/C18H25N5O4/c1-26-8-6-23-13-20-21-17(23)4-5-19-18(25)22-7-9-27-16-3-2-14(12-24)10-15(16)11-22/h2-3,10,13,24H,4-9,11-12H2,1H3,(H,19,25). The summed E-state index contributed by atoms with van der Waals surface area (Å²) in [5.41, 5.74) is 1.70. The average Bonchev–Trinajstić information content (AvgIpc) is 3.01. The van der Waals surface area contributed by atoms with Crippen molar-refractivity contribution in [2.24, 2.45) is 0 Å². The lowest BCUT2D eigenvalue weighted by Gasteiger charge is -2.20. The summed E-state index contributed by atoms with van der Waals surface area (Å²) < 4.78 is 12.7. The molecular weight excluding hydrogens is 350 g/mol. The minimum Gasteiger partial charge on any atom is -0.491 e. The number of ether oxygens (including phenoxy) is 2. The summed E-state index contributed by atoms with van der Waals surface area (Å²) in [6.07, 6.45) is 2.25. The van der Waals surface area contributed by atoms with Gasteiger partial charge in [0.05, 0.1) is 26.3 Å². The van der Waals surface area contributed by atoms with Crippen LogP contribution in [-0.4, -0.2) is 64.2 Å². The van der Waals surface area contributed by atoms with Crippen molar-refractivity contribution in [1.29, 1.82) is 0 Å². The Bertz CT molecular complexity index is 764. The fraction of sp³-hybridized carbons (Fsp3) is 0.500. The van der Waals surface area contributed by atoms with E-state index in [1.165, 1.54) is 0 Å². The number of fused-ring (bicyclic) bond motifs is 1. The number of carbonyl (C=O) groups excluding carboxylic acids is 1. The summed E-state index contributed by atoms with van der Waals surface area (Å²) in [6.45, 7) is 3.07. The van der Waals surface area contributed by atoms with Crippen molar-refractivity contribution < 1.29 is 19.4 Å². The number of urea groups is 1. The predicted octanol–water partition coefficient (Wildman–Crippen LogP) is 0.563. The molecular formula is C18H25N5O4. The minimum absolute atomic E-state index is 0.0385. The number of rotatable bonds is 7. The van der Waals surface area contributed by atoms with Crippen molar-refractivity contribution in [2.45, 2.75) is 26.1 Å². The fourth-order valence-electron chi connectivity index (χ4n) is 2.96. The Morgan fingerprint density at radius 2 is 2.33 bits per heavy atom. The Balaban J connectivity index is 1.54. The van der Waals surface area contributed by atoms with Crippen molar-refractivity contribution >= 4 is 6.03 Å². The van der Waals surface area contributed by atoms with Gasteiger partial charge < -0.3 is 29.4 Å². The van der Waals surface area contributed by atoms with Crippen LogP contribution in [0.2, 0.25) is 0 Å². The number of amides is 2. The van der Waals surface area contributed by atoms with Gasteiger partial charge in [-0.25, -0.2) is 4.79 Å². The van der Waals surface area contributed by atoms with Gasteiger partial charge in [-0.1, -0.05) is 6.07 Å². The van der Waals surface area contributed by atoms with Crippen molar-refractivity contribution in [1.82, 2.24) is 25.0 Å². The molecule has 0 fully saturated rings. The van der Waals surface area contributed by atoms with Crippen molar-refractivity contribution in [2.75, 3.05) is 33.4 Å². The van der Waals surface area contributed by atoms with Crippen LogP contribution in [-0.2, 0) is 30.9 Å². The highest BCUT2D eigenvalue weighted by atomic mass is 16.5. The molecule has 1 aliphatic heterocycles. The molecule has 146 valence electrons. The van der Waals surface area contributed by atoms with Gasteiger partial charge in [-0.3, -0.25) is 0 Å². The molecule has 0 bridgehead atoms. The number of carbonyl (C=O) groups is 1. The molecule has 0 aliphatic carbocycles. The van der Waals surface area contributed by atoms with Crippen LogP contribution in [0.25, 0.3) is 0 Å². The van der Waals surface area contributed by atoms with Crippen LogP contribution < -0.4 is 10.1 Å². The SMILES string of the molecule is COCCn1cnnc1CCNC(=O)N1CCOc2ccc(CO)cc2C1. The van der Waals surface area contributed by atoms with Gasteiger partial charge in [-0.15, -0.1) is 10.2 Å². The van der Waals surface area contributed by atoms with Crippen LogP contribution in [0, 0.1) is 0 Å². The highest BCUT2D eigenvalue weighted by Gasteiger charge is 2.20. The monoisotopic (exact) mass is 375 g/mol. The Hall–Kier alpha value is -2.65. The van der Waals surface area contributed by atoms with E-state index in [0.29, 0.717) is 45.8 Å². The quantitative estimate of drug-likeness (QED) is 0.733. The van der Waals surface area contributed by atoms with E-state index in [9.17, 15) is 9.90 Å². The smallest absolute Gasteiger partial charge is 0.317 e. The van der Waals surface area contributed by atoms with Gasteiger partial charge in [-0.05, 0) is 17.7 Å². The fourth-order valence-corrected chi connectivity index (χ4v) is 2.96. The highest BCUT2D eigenvalue weighted by Crippen LogP contribution is 2.24. The van der Waals surface area contributed by atoms with E-state index in [1.54, 1.807) is 18.3 Å². The zero-order valence-corrected chi connectivity index (χ0v) is 15.4. The van der Waals surface area contributed by atoms with E-state index in [-0.39, 0.29) is 12.6 Å². The molecule has 0 saturated heterocycles. The number of aromatic nitrogens is 3. The van der Waals surface area contributed by atoms with E-state index in [0.717, 1.165) is 22.7 Å². The third-order valence-corrected chi connectivity index (χ3v) is 4.43. The molecule has 0 spiro atoms. The zero-order valence-electron chi connectivity index (χ0n) is 15.4. The topological polar surface area (TPSA) is 102 Å². The Morgan fingerprint density at radius 1 is 1.44 bits per heavy atom. The van der Waals surface area contributed by atoms with Gasteiger partial charge >= 0.3 is 6.03 Å². The van der Waals surface area contributed by atoms with Gasteiger partial charge in [0.1, 0.15) is 24.5 Å². The van der Waals surface area contributed by atoms with Crippen LogP contribution in [0.15, 0.2) is 24.5 Å². The van der Waals surface area contributed by atoms with Crippen LogP contribution in [0.5, 0.6) is 5.75 Å². The first kappa shape index (κ1) is 19.1. The van der Waals surface area contributed by atoms with E-state index < -0.39 is 0 Å². The molecule has 0 atom stereocenters. The van der Waals surface area contributed by atoms with Crippen molar-refractivity contribution in [3.8, 4) is 5.75 Å². The van der Waals surface area contributed by atoms with E-state index in [4.69, 9.17) is 9.47 Å². The summed E-state index contributed by atoms with van der Waals surface area (Å²) in [7, 11) is 1.65. The molecule has 0 saturated carbocycles. The molecule has 2 N–H and O–H groups in total. The number of nitrogens with zero attached hydrogens (tertiary/aromatic N) is 4. The van der Waals surface area contributed by atoms with Gasteiger partial charge in [0.2, 0.25) is 0 Å². The second-order valence-corrected chi connectivity index (χ2v) is 6.29. The van der Waals surface area contributed by atoms with E-state index in [2.05, 4.69) is 15.5 Å². The first-order valence-corrected chi connectivity index (χ1v) is 8.95. The second kappa shape index (κ2) is 9.33. The molecule has 1 aromatic heterocycles. The number of nitrogens with one attached hydrogen (secondary N) is 1. The van der Waals surface area contributed by atoms with Gasteiger partial charge in [-0.2, -0.15) is 0 Å². The zero-order chi connectivity index (χ0) is 19.1. The number of hydrogen-bond acceptors (Lipinski definition) is 6. The molecule has 0 radical (unpaired) electrons. The first-order valence-electron chi connectivity index (χ1n) is 8.95. The number of methoxy groups -OCH3 is 1. The summed E-state index contributed by atoms with van der Waals surface area (Å²) in [6, 6.07) is 5.40. The molecule has 27 heavy (non-hydrogen) atoms. The number of hydrogen-bond donors (Lipinski definition) is 2. The maximum atomic E-state index is 12.5. The number of aliphatic hydroxyl groups is 1. The molecule has 9 heteroatoms. The van der Waals surface area contributed by atoms with Crippen LogP contribution in [0.3, 0.4) is 0 Å². The molecule has 1 aliphatic rings. The van der Waals surface area contributed by atoms with Crippen LogP contribution in [0.4, 0.5) is 4.79 Å². The van der Waals surface area contributed by atoms with Gasteiger partial charge in [0, 0.05) is 32.2 Å². The van der Waals surface area contributed by atoms with E-state index >= 15 is 0 Å². The second-order valence-electron chi connectivity index (χ2n) is 6.29. The molecule has 2 heterocycles. The summed E-state index contributed by atoms with van der Waals surface area (Å²) in [5.74, 6) is 1.57.